The number of carbonyl (C=O) groups is 2. The van der Waals surface area contributed by atoms with Gasteiger partial charge in [-0.05, 0) is 20.8 Å². The van der Waals surface area contributed by atoms with Gasteiger partial charge in [-0.2, -0.15) is 0 Å². The highest BCUT2D eigenvalue weighted by atomic mass is 16.5. The number of ether oxygens (including phenoxy) is 1. The molecule has 0 unspecified atom stereocenters. The molecule has 0 radical (unpaired) electrons. The number of amides is 1. The number of rotatable bonds is 5. The Kier molecular flexibility index (Phi) is 6.97. The van der Waals surface area contributed by atoms with E-state index in [0.29, 0.717) is 13.2 Å². The van der Waals surface area contributed by atoms with Crippen molar-refractivity contribution in [2.45, 2.75) is 20.8 Å². The molecule has 0 aliphatic rings. The predicted octanol–water partition coefficient (Wildman–Crippen LogP) is 1.19. The molecule has 1 N–H and O–H groups in total. The lowest BCUT2D eigenvalue weighted by molar-refractivity contribution is -0.137. The van der Waals surface area contributed by atoms with Gasteiger partial charge in [0.05, 0.1) is 6.61 Å². The lowest BCUT2D eigenvalue weighted by Crippen LogP contribution is -2.21. The normalized spacial score (nSPS) is 9.80. The summed E-state index contributed by atoms with van der Waals surface area (Å²) in [6, 6.07) is 0. The van der Waals surface area contributed by atoms with Gasteiger partial charge in [-0.1, -0.05) is 11.6 Å². The molecule has 4 nitrogen and oxygen atoms in total. The summed E-state index contributed by atoms with van der Waals surface area (Å²) < 4.78 is 4.62. The van der Waals surface area contributed by atoms with Crippen molar-refractivity contribution in [2.24, 2.45) is 0 Å². The summed E-state index contributed by atoms with van der Waals surface area (Å²) in [6.07, 6.45) is 4.16. The Balaban J connectivity index is 3.83. The molecule has 0 bridgehead atoms. The molecule has 0 aliphatic heterocycles. The zero-order valence-corrected chi connectivity index (χ0v) is 9.37. The molecule has 0 spiro atoms. The molecule has 0 fully saturated rings. The summed E-state index contributed by atoms with van der Waals surface area (Å²) in [5, 5.41) is 2.60. The van der Waals surface area contributed by atoms with Gasteiger partial charge >= 0.3 is 5.97 Å². The van der Waals surface area contributed by atoms with Crippen molar-refractivity contribution in [2.75, 3.05) is 13.2 Å². The monoisotopic (exact) mass is 211 g/mol. The van der Waals surface area contributed by atoms with Crippen molar-refractivity contribution in [3.63, 3.8) is 0 Å². The largest absolute Gasteiger partial charge is 0.463 e. The highest BCUT2D eigenvalue weighted by Gasteiger charge is 1.96. The number of allylic oxidation sites excluding steroid dienone is 1. The number of hydrogen-bond donors (Lipinski definition) is 1. The van der Waals surface area contributed by atoms with Gasteiger partial charge in [0.15, 0.2) is 0 Å². The Hall–Kier alpha value is -1.58. The first kappa shape index (κ1) is 13.4. The highest BCUT2D eigenvalue weighted by Crippen LogP contribution is 1.86. The Morgan fingerprint density at radius 1 is 1.27 bits per heavy atom. The average molecular weight is 211 g/mol. The second kappa shape index (κ2) is 7.79. The van der Waals surface area contributed by atoms with Crippen molar-refractivity contribution < 1.29 is 14.3 Å². The summed E-state index contributed by atoms with van der Waals surface area (Å²) in [5.41, 5.74) is 1.13. The topological polar surface area (TPSA) is 55.4 Å². The van der Waals surface area contributed by atoms with Crippen LogP contribution in [-0.2, 0) is 14.3 Å². The molecule has 0 atom stereocenters. The van der Waals surface area contributed by atoms with Gasteiger partial charge in [0.25, 0.3) is 0 Å². The first-order chi connectivity index (χ1) is 7.06. The second-order valence-corrected chi connectivity index (χ2v) is 3.11. The van der Waals surface area contributed by atoms with E-state index in [1.165, 1.54) is 0 Å². The zero-order valence-electron chi connectivity index (χ0n) is 9.37. The summed E-state index contributed by atoms with van der Waals surface area (Å²) in [6.45, 7) is 6.37. The van der Waals surface area contributed by atoms with Crippen LogP contribution in [0.3, 0.4) is 0 Å². The Labute approximate surface area is 90.0 Å². The summed E-state index contributed by atoms with van der Waals surface area (Å²) in [5.74, 6) is -0.810. The van der Waals surface area contributed by atoms with Crippen molar-refractivity contribution in [1.82, 2.24) is 5.32 Å². The molecule has 0 saturated carbocycles. The first-order valence-electron chi connectivity index (χ1n) is 4.82. The maximum Gasteiger partial charge on any atom is 0.330 e. The van der Waals surface area contributed by atoms with E-state index in [2.05, 4.69) is 10.1 Å². The van der Waals surface area contributed by atoms with Gasteiger partial charge in [-0.3, -0.25) is 4.79 Å². The standard InChI is InChI=1S/C11H17NO3/c1-4-15-11(14)6-5-10(13)12-8-7-9(2)3/h5-7H,4,8H2,1-3H3,(H,12,13)/b6-5-. The molecule has 0 heterocycles. The van der Waals surface area contributed by atoms with Crippen molar-refractivity contribution in [3.05, 3.63) is 23.8 Å². The quantitative estimate of drug-likeness (QED) is 0.422. The van der Waals surface area contributed by atoms with E-state index in [1.54, 1.807) is 6.92 Å². The van der Waals surface area contributed by atoms with Gasteiger partial charge in [-0.25, -0.2) is 4.79 Å². The minimum atomic E-state index is -0.505. The Morgan fingerprint density at radius 3 is 2.47 bits per heavy atom. The lowest BCUT2D eigenvalue weighted by Gasteiger charge is -1.97. The predicted molar refractivity (Wildman–Crippen MR) is 58.2 cm³/mol. The molecule has 0 saturated heterocycles. The Morgan fingerprint density at radius 2 is 1.93 bits per heavy atom. The molecule has 4 heteroatoms. The molecule has 0 aliphatic carbocycles. The van der Waals surface area contributed by atoms with Crippen LogP contribution in [0.4, 0.5) is 0 Å². The van der Waals surface area contributed by atoms with Crippen molar-refractivity contribution in [1.29, 1.82) is 0 Å². The van der Waals surface area contributed by atoms with E-state index >= 15 is 0 Å². The fourth-order valence-corrected chi connectivity index (χ4v) is 0.749. The Bertz CT molecular complexity index is 276. The second-order valence-electron chi connectivity index (χ2n) is 3.11. The van der Waals surface area contributed by atoms with E-state index in [-0.39, 0.29) is 5.91 Å². The van der Waals surface area contributed by atoms with Gasteiger partial charge in [-0.15, -0.1) is 0 Å². The smallest absolute Gasteiger partial charge is 0.330 e. The summed E-state index contributed by atoms with van der Waals surface area (Å²) in [7, 11) is 0. The van der Waals surface area contributed by atoms with Gasteiger partial charge in [0.1, 0.15) is 0 Å². The van der Waals surface area contributed by atoms with Gasteiger partial charge in [0.2, 0.25) is 5.91 Å². The SMILES string of the molecule is CCOC(=O)/C=C\C(=O)NCC=C(C)C. The molecule has 84 valence electrons. The van der Waals surface area contributed by atoms with Crippen LogP contribution in [0.2, 0.25) is 0 Å². The fraction of sp³-hybridized carbons (Fsp3) is 0.455. The van der Waals surface area contributed by atoms with Crippen LogP contribution in [0, 0.1) is 0 Å². The lowest BCUT2D eigenvalue weighted by atomic mass is 10.3. The third-order valence-corrected chi connectivity index (χ3v) is 1.44. The maximum atomic E-state index is 11.1. The van der Waals surface area contributed by atoms with Crippen LogP contribution in [0.15, 0.2) is 23.8 Å². The van der Waals surface area contributed by atoms with Crippen molar-refractivity contribution in [3.8, 4) is 0 Å². The van der Waals surface area contributed by atoms with E-state index in [4.69, 9.17) is 0 Å². The molecule has 0 aromatic heterocycles. The molecular formula is C11H17NO3. The molecule has 0 aromatic rings. The van der Waals surface area contributed by atoms with Crippen LogP contribution in [0.1, 0.15) is 20.8 Å². The fourth-order valence-electron chi connectivity index (χ4n) is 0.749. The minimum absolute atomic E-state index is 0.305. The highest BCUT2D eigenvalue weighted by molar-refractivity contribution is 5.94. The number of carbonyl (C=O) groups excluding carboxylic acids is 2. The molecule has 0 aromatic carbocycles. The van der Waals surface area contributed by atoms with Crippen LogP contribution in [0.25, 0.3) is 0 Å². The first-order valence-corrected chi connectivity index (χ1v) is 4.82. The molecular weight excluding hydrogens is 194 g/mol. The average Bonchev–Trinajstić information content (AvgIpc) is 2.14. The van der Waals surface area contributed by atoms with E-state index in [9.17, 15) is 9.59 Å². The molecule has 15 heavy (non-hydrogen) atoms. The molecule has 0 rings (SSSR count). The summed E-state index contributed by atoms with van der Waals surface area (Å²) in [4.78, 5) is 21.9. The number of esters is 1. The van der Waals surface area contributed by atoms with Crippen LogP contribution >= 0.6 is 0 Å². The van der Waals surface area contributed by atoms with Crippen LogP contribution < -0.4 is 5.32 Å². The minimum Gasteiger partial charge on any atom is -0.463 e. The van der Waals surface area contributed by atoms with Crippen LogP contribution in [0.5, 0.6) is 0 Å². The van der Waals surface area contributed by atoms with E-state index in [1.807, 2.05) is 19.9 Å². The maximum absolute atomic E-state index is 11.1. The molecule has 1 amide bonds. The summed E-state index contributed by atoms with van der Waals surface area (Å²) >= 11 is 0. The number of hydrogen-bond acceptors (Lipinski definition) is 3. The van der Waals surface area contributed by atoms with Gasteiger partial charge < -0.3 is 10.1 Å². The third-order valence-electron chi connectivity index (χ3n) is 1.44. The van der Waals surface area contributed by atoms with Gasteiger partial charge in [0, 0.05) is 18.7 Å². The van der Waals surface area contributed by atoms with Crippen molar-refractivity contribution >= 4 is 11.9 Å². The number of nitrogens with one attached hydrogen (secondary N) is 1. The van der Waals surface area contributed by atoms with Crippen LogP contribution in [-0.4, -0.2) is 25.0 Å². The zero-order chi connectivity index (χ0) is 11.7. The van der Waals surface area contributed by atoms with E-state index in [0.717, 1.165) is 17.7 Å². The third kappa shape index (κ3) is 8.74. The van der Waals surface area contributed by atoms with E-state index < -0.39 is 5.97 Å².